The van der Waals surface area contributed by atoms with Crippen LogP contribution in [0.5, 0.6) is 0 Å². The zero-order chi connectivity index (χ0) is 10.7. The smallest absolute Gasteiger partial charge is 0.303 e. The first-order chi connectivity index (χ1) is 7.25. The Morgan fingerprint density at radius 2 is 2.13 bits per heavy atom. The molecule has 1 N–H and O–H groups in total. The van der Waals surface area contributed by atoms with Gasteiger partial charge in [0.1, 0.15) is 0 Å². The Balaban J connectivity index is 1.58. The topological polar surface area (TPSA) is 40.5 Å². The maximum Gasteiger partial charge on any atom is 0.303 e. The van der Waals surface area contributed by atoms with E-state index in [0.29, 0.717) is 12.5 Å². The lowest BCUT2D eigenvalue weighted by molar-refractivity contribution is -0.137. The van der Waals surface area contributed by atoms with Gasteiger partial charge in [0.05, 0.1) is 0 Å². The summed E-state index contributed by atoms with van der Waals surface area (Å²) in [7, 11) is 0. The zero-order valence-electron chi connectivity index (χ0n) is 9.32. The summed E-state index contributed by atoms with van der Waals surface area (Å²) in [5.74, 6) is 0.298. The van der Waals surface area contributed by atoms with Crippen molar-refractivity contribution < 1.29 is 9.90 Å². The Kier molecular flexibility index (Phi) is 3.62. The molecule has 2 fully saturated rings. The van der Waals surface area contributed by atoms with Crippen molar-refractivity contribution in [2.75, 3.05) is 13.1 Å². The van der Waals surface area contributed by atoms with Crippen molar-refractivity contribution in [2.45, 2.75) is 51.0 Å². The van der Waals surface area contributed by atoms with E-state index in [1.807, 2.05) is 0 Å². The minimum Gasteiger partial charge on any atom is -0.481 e. The van der Waals surface area contributed by atoms with E-state index in [9.17, 15) is 4.79 Å². The third kappa shape index (κ3) is 2.94. The molecular formula is C12H21NO2. The molecule has 1 atom stereocenters. The summed E-state index contributed by atoms with van der Waals surface area (Å²) < 4.78 is 0. The summed E-state index contributed by atoms with van der Waals surface area (Å²) in [6, 6.07) is 0.699. The number of nitrogens with zero attached hydrogens (tertiary/aromatic N) is 1. The van der Waals surface area contributed by atoms with E-state index in [2.05, 4.69) is 4.90 Å². The fraction of sp³-hybridized carbons (Fsp3) is 0.917. The van der Waals surface area contributed by atoms with E-state index in [4.69, 9.17) is 5.11 Å². The van der Waals surface area contributed by atoms with Crippen LogP contribution in [0.1, 0.15) is 44.9 Å². The van der Waals surface area contributed by atoms with E-state index in [1.54, 1.807) is 0 Å². The first-order valence-corrected chi connectivity index (χ1v) is 6.21. The van der Waals surface area contributed by atoms with E-state index >= 15 is 0 Å². The molecule has 0 bridgehead atoms. The Hall–Kier alpha value is -0.570. The molecule has 0 aromatic heterocycles. The second-order valence-electron chi connectivity index (χ2n) is 5.02. The number of hydrogen-bond donors (Lipinski definition) is 1. The van der Waals surface area contributed by atoms with Gasteiger partial charge in [0.25, 0.3) is 0 Å². The van der Waals surface area contributed by atoms with Crippen LogP contribution in [-0.2, 0) is 4.79 Å². The molecule has 1 aliphatic heterocycles. The van der Waals surface area contributed by atoms with Gasteiger partial charge in [-0.05, 0) is 44.6 Å². The summed E-state index contributed by atoms with van der Waals surface area (Å²) >= 11 is 0. The molecular weight excluding hydrogens is 190 g/mol. The highest BCUT2D eigenvalue weighted by Gasteiger charge is 2.30. The Morgan fingerprint density at radius 1 is 1.33 bits per heavy atom. The van der Waals surface area contributed by atoms with Crippen molar-refractivity contribution in [3.63, 3.8) is 0 Å². The summed E-state index contributed by atoms with van der Waals surface area (Å²) in [5, 5.41) is 8.56. The molecule has 0 radical (unpaired) electrons. The number of likely N-dealkylation sites (tertiary alicyclic amines) is 1. The number of carboxylic acids is 1. The third-order valence-corrected chi connectivity index (χ3v) is 3.91. The van der Waals surface area contributed by atoms with Gasteiger partial charge in [0.2, 0.25) is 0 Å². The van der Waals surface area contributed by atoms with Gasteiger partial charge < -0.3 is 10.0 Å². The molecule has 15 heavy (non-hydrogen) atoms. The Morgan fingerprint density at radius 3 is 2.60 bits per heavy atom. The third-order valence-electron chi connectivity index (χ3n) is 3.91. The molecule has 1 unspecified atom stereocenters. The largest absolute Gasteiger partial charge is 0.481 e. The lowest BCUT2D eigenvalue weighted by atomic mass is 9.83. The maximum atomic E-state index is 10.4. The van der Waals surface area contributed by atoms with Crippen molar-refractivity contribution in [2.24, 2.45) is 5.92 Å². The van der Waals surface area contributed by atoms with E-state index in [-0.39, 0.29) is 0 Å². The van der Waals surface area contributed by atoms with Gasteiger partial charge in [-0.1, -0.05) is 6.42 Å². The normalized spacial score (nSPS) is 27.1. The number of rotatable bonds is 6. The first-order valence-electron chi connectivity index (χ1n) is 6.21. The Bertz CT molecular complexity index is 226. The highest BCUT2D eigenvalue weighted by Crippen LogP contribution is 2.31. The molecule has 1 saturated carbocycles. The van der Waals surface area contributed by atoms with Gasteiger partial charge in [0.15, 0.2) is 0 Å². The predicted molar refractivity (Wildman–Crippen MR) is 58.8 cm³/mol. The number of carbonyl (C=O) groups is 1. The van der Waals surface area contributed by atoms with Crippen LogP contribution < -0.4 is 0 Å². The van der Waals surface area contributed by atoms with Crippen LogP contribution in [0, 0.1) is 5.92 Å². The van der Waals surface area contributed by atoms with Gasteiger partial charge >= 0.3 is 5.97 Å². The highest BCUT2D eigenvalue weighted by molar-refractivity contribution is 5.66. The van der Waals surface area contributed by atoms with Crippen molar-refractivity contribution in [3.05, 3.63) is 0 Å². The molecule has 0 aromatic carbocycles. The van der Waals surface area contributed by atoms with Crippen LogP contribution in [0.2, 0.25) is 0 Å². The monoisotopic (exact) mass is 211 g/mol. The molecule has 2 aliphatic rings. The van der Waals surface area contributed by atoms with Crippen LogP contribution in [-0.4, -0.2) is 35.1 Å². The minimum absolute atomic E-state index is 0.341. The number of carboxylic acid groups (broad SMARTS) is 1. The lowest BCUT2D eigenvalue weighted by Crippen LogP contribution is -2.50. The van der Waals surface area contributed by atoms with E-state index in [0.717, 1.165) is 18.8 Å². The van der Waals surface area contributed by atoms with Crippen LogP contribution in [0.4, 0.5) is 0 Å². The fourth-order valence-corrected chi connectivity index (χ4v) is 2.56. The van der Waals surface area contributed by atoms with E-state index < -0.39 is 5.97 Å². The summed E-state index contributed by atoms with van der Waals surface area (Å²) in [6.45, 7) is 2.52. The predicted octanol–water partition coefficient (Wildman–Crippen LogP) is 2.12. The summed E-state index contributed by atoms with van der Waals surface area (Å²) in [6.07, 6.45) is 7.80. The molecule has 1 aliphatic carbocycles. The fourth-order valence-electron chi connectivity index (χ4n) is 2.56. The molecule has 86 valence electrons. The second-order valence-corrected chi connectivity index (χ2v) is 5.02. The van der Waals surface area contributed by atoms with Gasteiger partial charge in [-0.15, -0.1) is 0 Å². The van der Waals surface area contributed by atoms with Gasteiger partial charge in [-0.3, -0.25) is 4.79 Å². The SMILES string of the molecule is O=C(O)CCCC1CCN1CC1CCC1. The van der Waals surface area contributed by atoms with Crippen LogP contribution in [0.15, 0.2) is 0 Å². The molecule has 3 nitrogen and oxygen atoms in total. The number of hydrogen-bond acceptors (Lipinski definition) is 2. The first kappa shape index (κ1) is 10.9. The highest BCUT2D eigenvalue weighted by atomic mass is 16.4. The molecule has 2 rings (SSSR count). The van der Waals surface area contributed by atoms with Gasteiger partial charge in [0, 0.05) is 19.0 Å². The molecule has 0 aromatic rings. The zero-order valence-corrected chi connectivity index (χ0v) is 9.32. The van der Waals surface area contributed by atoms with Crippen molar-refractivity contribution in [1.82, 2.24) is 4.90 Å². The number of aliphatic carboxylic acids is 1. The minimum atomic E-state index is -0.653. The van der Waals surface area contributed by atoms with Crippen molar-refractivity contribution >= 4 is 5.97 Å². The van der Waals surface area contributed by atoms with Crippen LogP contribution in [0.25, 0.3) is 0 Å². The molecule has 1 heterocycles. The van der Waals surface area contributed by atoms with Gasteiger partial charge in [-0.25, -0.2) is 0 Å². The maximum absolute atomic E-state index is 10.4. The van der Waals surface area contributed by atoms with Crippen molar-refractivity contribution in [1.29, 1.82) is 0 Å². The average molecular weight is 211 g/mol. The van der Waals surface area contributed by atoms with E-state index in [1.165, 1.54) is 38.8 Å². The Labute approximate surface area is 91.5 Å². The molecule has 0 amide bonds. The summed E-state index contributed by atoms with van der Waals surface area (Å²) in [4.78, 5) is 12.9. The van der Waals surface area contributed by atoms with Crippen molar-refractivity contribution in [3.8, 4) is 0 Å². The van der Waals surface area contributed by atoms with Crippen LogP contribution in [0.3, 0.4) is 0 Å². The summed E-state index contributed by atoms with van der Waals surface area (Å²) in [5.41, 5.74) is 0. The molecule has 0 spiro atoms. The molecule has 3 heteroatoms. The standard InChI is InChI=1S/C12H21NO2/c14-12(15)6-2-5-11-7-8-13(11)9-10-3-1-4-10/h10-11H,1-9H2,(H,14,15). The van der Waals surface area contributed by atoms with Gasteiger partial charge in [-0.2, -0.15) is 0 Å². The average Bonchev–Trinajstić information content (AvgIpc) is 2.07. The molecule has 1 saturated heterocycles. The quantitative estimate of drug-likeness (QED) is 0.731. The lowest BCUT2D eigenvalue weighted by Gasteiger charge is -2.44. The van der Waals surface area contributed by atoms with Crippen LogP contribution >= 0.6 is 0 Å². The second kappa shape index (κ2) is 4.97.